The molecule has 2 atom stereocenters. The fourth-order valence-electron chi connectivity index (χ4n) is 1.68. The monoisotopic (exact) mass is 164 g/mol. The van der Waals surface area contributed by atoms with Crippen LogP contribution in [0.3, 0.4) is 0 Å². The number of benzene rings is 1. The highest BCUT2D eigenvalue weighted by molar-refractivity contribution is 5.30. The largest absolute Gasteiger partial charge is 0.390 e. The second-order valence-electron chi connectivity index (χ2n) is 3.31. The molecule has 0 radical (unpaired) electrons. The maximum Gasteiger partial charge on any atom is 0.0842 e. The molecule has 0 saturated carbocycles. The van der Waals surface area contributed by atoms with Crippen LogP contribution in [-0.2, 0) is 12.8 Å². The summed E-state index contributed by atoms with van der Waals surface area (Å²) in [5.74, 6) is 0. The van der Waals surface area contributed by atoms with E-state index in [1.165, 1.54) is 0 Å². The average molecular weight is 164 g/mol. The van der Waals surface area contributed by atoms with Crippen LogP contribution in [0.1, 0.15) is 11.1 Å². The van der Waals surface area contributed by atoms with Gasteiger partial charge in [0.15, 0.2) is 0 Å². The first kappa shape index (κ1) is 7.77. The van der Waals surface area contributed by atoms with Crippen LogP contribution in [0.15, 0.2) is 24.3 Å². The Morgan fingerprint density at radius 1 is 0.917 bits per heavy atom. The molecule has 1 aliphatic carbocycles. The predicted molar refractivity (Wildman–Crippen MR) is 45.9 cm³/mol. The van der Waals surface area contributed by atoms with Crippen LogP contribution in [0.25, 0.3) is 0 Å². The highest BCUT2D eigenvalue weighted by Crippen LogP contribution is 2.21. The minimum absolute atomic E-state index is 0.581. The number of hydrogen-bond donors (Lipinski definition) is 2. The Kier molecular flexibility index (Phi) is 1.87. The number of fused-ring (bicyclic) bond motifs is 1. The van der Waals surface area contributed by atoms with E-state index in [0.717, 1.165) is 11.1 Å². The number of rotatable bonds is 0. The molecule has 0 aromatic heterocycles. The first-order valence-corrected chi connectivity index (χ1v) is 4.20. The van der Waals surface area contributed by atoms with Crippen LogP contribution in [0.5, 0.6) is 0 Å². The Labute approximate surface area is 71.5 Å². The van der Waals surface area contributed by atoms with Crippen LogP contribution in [0.2, 0.25) is 0 Å². The van der Waals surface area contributed by atoms with Crippen LogP contribution < -0.4 is 0 Å². The van der Waals surface area contributed by atoms with E-state index in [1.54, 1.807) is 0 Å². The van der Waals surface area contributed by atoms with Crippen molar-refractivity contribution in [2.75, 3.05) is 0 Å². The van der Waals surface area contributed by atoms with Crippen molar-refractivity contribution in [3.8, 4) is 0 Å². The van der Waals surface area contributed by atoms with Gasteiger partial charge in [-0.25, -0.2) is 0 Å². The van der Waals surface area contributed by atoms with Crippen LogP contribution in [0, 0.1) is 0 Å². The third-order valence-electron chi connectivity index (χ3n) is 2.42. The Balaban J connectivity index is 2.34. The molecule has 0 heterocycles. The van der Waals surface area contributed by atoms with Gasteiger partial charge in [0.2, 0.25) is 0 Å². The molecule has 2 rings (SSSR count). The van der Waals surface area contributed by atoms with E-state index < -0.39 is 12.2 Å². The zero-order valence-electron chi connectivity index (χ0n) is 6.77. The lowest BCUT2D eigenvalue weighted by molar-refractivity contribution is 0.0141. The number of aliphatic hydroxyl groups is 2. The third kappa shape index (κ3) is 1.24. The molecule has 0 aliphatic heterocycles. The van der Waals surface area contributed by atoms with Crippen molar-refractivity contribution in [3.63, 3.8) is 0 Å². The van der Waals surface area contributed by atoms with E-state index >= 15 is 0 Å². The van der Waals surface area contributed by atoms with Gasteiger partial charge >= 0.3 is 0 Å². The molecule has 1 aromatic carbocycles. The summed E-state index contributed by atoms with van der Waals surface area (Å²) in [5, 5.41) is 18.7. The Morgan fingerprint density at radius 2 is 1.33 bits per heavy atom. The van der Waals surface area contributed by atoms with Crippen LogP contribution >= 0.6 is 0 Å². The molecule has 0 spiro atoms. The number of aliphatic hydroxyl groups excluding tert-OH is 2. The molecule has 2 N–H and O–H groups in total. The third-order valence-corrected chi connectivity index (χ3v) is 2.42. The van der Waals surface area contributed by atoms with Gasteiger partial charge in [-0.1, -0.05) is 24.3 Å². The fraction of sp³-hybridized carbons (Fsp3) is 0.400. The molecule has 0 bridgehead atoms. The van der Waals surface area contributed by atoms with Crippen molar-refractivity contribution in [1.29, 1.82) is 0 Å². The van der Waals surface area contributed by atoms with Crippen LogP contribution in [-0.4, -0.2) is 22.4 Å². The zero-order valence-corrected chi connectivity index (χ0v) is 6.77. The molecular weight excluding hydrogens is 152 g/mol. The van der Waals surface area contributed by atoms with Crippen LogP contribution in [0.4, 0.5) is 0 Å². The first-order chi connectivity index (χ1) is 5.77. The molecule has 1 aliphatic rings. The second-order valence-corrected chi connectivity index (χ2v) is 3.31. The highest BCUT2D eigenvalue weighted by atomic mass is 16.3. The van der Waals surface area contributed by atoms with Gasteiger partial charge in [-0.3, -0.25) is 0 Å². The van der Waals surface area contributed by atoms with E-state index in [1.807, 2.05) is 24.3 Å². The smallest absolute Gasteiger partial charge is 0.0842 e. The zero-order chi connectivity index (χ0) is 8.55. The van der Waals surface area contributed by atoms with Crippen molar-refractivity contribution in [2.45, 2.75) is 25.0 Å². The van der Waals surface area contributed by atoms with Gasteiger partial charge < -0.3 is 10.2 Å². The molecule has 1 aromatic rings. The van der Waals surface area contributed by atoms with E-state index in [-0.39, 0.29) is 0 Å². The summed E-state index contributed by atoms with van der Waals surface area (Å²) in [7, 11) is 0. The van der Waals surface area contributed by atoms with Gasteiger partial charge in [-0.05, 0) is 11.1 Å². The average Bonchev–Trinajstić information content (AvgIpc) is 2.07. The van der Waals surface area contributed by atoms with E-state index in [9.17, 15) is 10.2 Å². The first-order valence-electron chi connectivity index (χ1n) is 4.20. The summed E-state index contributed by atoms with van der Waals surface area (Å²) >= 11 is 0. The lowest BCUT2D eigenvalue weighted by atomic mass is 9.88. The summed E-state index contributed by atoms with van der Waals surface area (Å²) in [5.41, 5.74) is 2.32. The summed E-state index contributed by atoms with van der Waals surface area (Å²) in [6, 6.07) is 7.93. The summed E-state index contributed by atoms with van der Waals surface area (Å²) < 4.78 is 0. The lowest BCUT2D eigenvalue weighted by Crippen LogP contribution is -2.34. The molecule has 64 valence electrons. The maximum atomic E-state index is 9.37. The molecule has 12 heavy (non-hydrogen) atoms. The Hall–Kier alpha value is -0.860. The molecule has 0 saturated heterocycles. The maximum absolute atomic E-state index is 9.37. The molecule has 0 fully saturated rings. The van der Waals surface area contributed by atoms with Gasteiger partial charge in [0, 0.05) is 12.8 Å². The van der Waals surface area contributed by atoms with Gasteiger partial charge in [0.25, 0.3) is 0 Å². The quantitative estimate of drug-likeness (QED) is 0.586. The highest BCUT2D eigenvalue weighted by Gasteiger charge is 2.23. The van der Waals surface area contributed by atoms with Crippen molar-refractivity contribution in [3.05, 3.63) is 35.4 Å². The minimum atomic E-state index is -0.583. The number of hydrogen-bond acceptors (Lipinski definition) is 2. The van der Waals surface area contributed by atoms with Crippen molar-refractivity contribution in [2.24, 2.45) is 0 Å². The van der Waals surface area contributed by atoms with Gasteiger partial charge in [-0.2, -0.15) is 0 Å². The van der Waals surface area contributed by atoms with Gasteiger partial charge in [0.1, 0.15) is 0 Å². The molecule has 0 amide bonds. The lowest BCUT2D eigenvalue weighted by Gasteiger charge is -2.25. The van der Waals surface area contributed by atoms with Gasteiger partial charge in [-0.15, -0.1) is 0 Å². The summed E-state index contributed by atoms with van der Waals surface area (Å²) in [6.07, 6.45) is -0.00546. The molecule has 0 unspecified atom stereocenters. The topological polar surface area (TPSA) is 40.5 Å². The Bertz CT molecular complexity index is 254. The molecule has 2 nitrogen and oxygen atoms in total. The minimum Gasteiger partial charge on any atom is -0.390 e. The SMILES string of the molecule is O[C@H]1Cc2ccccc2C[C@@H]1O. The second kappa shape index (κ2) is 2.88. The molecule has 2 heteroatoms. The Morgan fingerprint density at radius 3 is 1.75 bits per heavy atom. The predicted octanol–water partition coefficient (Wildman–Crippen LogP) is 0.507. The fourth-order valence-corrected chi connectivity index (χ4v) is 1.68. The van der Waals surface area contributed by atoms with Crippen molar-refractivity contribution < 1.29 is 10.2 Å². The van der Waals surface area contributed by atoms with Crippen molar-refractivity contribution >= 4 is 0 Å². The van der Waals surface area contributed by atoms with E-state index in [0.29, 0.717) is 12.8 Å². The standard InChI is InChI=1S/C10H12O2/c11-9-5-7-3-1-2-4-8(7)6-10(9)12/h1-4,9-12H,5-6H2/t9-,10-/m0/s1. The van der Waals surface area contributed by atoms with E-state index in [4.69, 9.17) is 0 Å². The normalized spacial score (nSPS) is 28.2. The van der Waals surface area contributed by atoms with E-state index in [2.05, 4.69) is 0 Å². The van der Waals surface area contributed by atoms with Crippen molar-refractivity contribution in [1.82, 2.24) is 0 Å². The summed E-state index contributed by atoms with van der Waals surface area (Å²) in [6.45, 7) is 0. The molecular formula is C10H12O2. The summed E-state index contributed by atoms with van der Waals surface area (Å²) in [4.78, 5) is 0. The van der Waals surface area contributed by atoms with Gasteiger partial charge in [0.05, 0.1) is 12.2 Å².